The van der Waals surface area contributed by atoms with Gasteiger partial charge in [0.05, 0.1) is 12.4 Å². The molecule has 2 aromatic rings. The molecule has 0 saturated carbocycles. The van der Waals surface area contributed by atoms with Crippen molar-refractivity contribution in [3.8, 4) is 0 Å². The molecule has 0 amide bonds. The molecule has 0 aromatic carbocycles. The van der Waals surface area contributed by atoms with E-state index >= 15 is 0 Å². The average molecular weight is 280 g/mol. The van der Waals surface area contributed by atoms with Crippen LogP contribution in [0.5, 0.6) is 0 Å². The lowest BCUT2D eigenvalue weighted by atomic mass is 10.4. The van der Waals surface area contributed by atoms with Crippen LogP contribution in [-0.4, -0.2) is 35.1 Å². The zero-order valence-corrected chi connectivity index (χ0v) is 10.9. The van der Waals surface area contributed by atoms with Crippen molar-refractivity contribution in [2.24, 2.45) is 0 Å². The number of aromatic nitrogens is 4. The van der Waals surface area contributed by atoms with Crippen LogP contribution in [0.1, 0.15) is 6.92 Å². The van der Waals surface area contributed by atoms with E-state index in [1.807, 2.05) is 6.92 Å². The number of nitrogens with zero attached hydrogens (tertiary/aromatic N) is 4. The maximum Gasteiger partial charge on any atom is 0.267 e. The first-order valence-corrected chi connectivity index (χ1v) is 6.97. The fourth-order valence-electron chi connectivity index (χ4n) is 1.38. The van der Waals surface area contributed by atoms with Crippen molar-refractivity contribution in [2.75, 3.05) is 16.6 Å². The van der Waals surface area contributed by atoms with Crippen molar-refractivity contribution in [1.82, 2.24) is 20.2 Å². The first-order valence-electron chi connectivity index (χ1n) is 5.49. The fraction of sp³-hybridized carbons (Fsp3) is 0.200. The van der Waals surface area contributed by atoms with Gasteiger partial charge in [-0.2, -0.15) is 5.10 Å². The summed E-state index contributed by atoms with van der Waals surface area (Å²) in [5.74, 6) is 0.190. The smallest absolute Gasteiger partial charge is 0.267 e. The summed E-state index contributed by atoms with van der Waals surface area (Å²) in [6, 6.07) is 2.99. The van der Waals surface area contributed by atoms with Crippen LogP contribution in [0.3, 0.4) is 0 Å². The highest BCUT2D eigenvalue weighted by Gasteiger charge is 2.20. The summed E-state index contributed by atoms with van der Waals surface area (Å²) in [4.78, 5) is 7.78. The largest absolute Gasteiger partial charge is 0.369 e. The van der Waals surface area contributed by atoms with E-state index in [0.717, 1.165) is 0 Å². The summed E-state index contributed by atoms with van der Waals surface area (Å²) >= 11 is 0. The molecule has 19 heavy (non-hydrogen) atoms. The molecule has 9 heteroatoms. The second-order valence-corrected chi connectivity index (χ2v) is 5.10. The quantitative estimate of drug-likeness (QED) is 0.820. The minimum Gasteiger partial charge on any atom is -0.369 e. The molecule has 2 heterocycles. The van der Waals surface area contributed by atoms with Gasteiger partial charge >= 0.3 is 0 Å². The molecule has 0 unspecified atom stereocenters. The summed E-state index contributed by atoms with van der Waals surface area (Å²) in [7, 11) is -3.81. The number of hydrogen-bond acceptors (Lipinski definition) is 7. The van der Waals surface area contributed by atoms with Gasteiger partial charge in [0.25, 0.3) is 16.0 Å². The van der Waals surface area contributed by atoms with Gasteiger partial charge in [-0.3, -0.25) is 0 Å². The zero-order valence-electron chi connectivity index (χ0n) is 10.1. The van der Waals surface area contributed by atoms with Gasteiger partial charge in [-0.05, 0) is 19.1 Å². The van der Waals surface area contributed by atoms with Crippen LogP contribution in [0, 0.1) is 0 Å². The molecule has 0 atom stereocenters. The molecular formula is C10H12N6O2S. The van der Waals surface area contributed by atoms with Crippen molar-refractivity contribution in [3.63, 3.8) is 0 Å². The molecule has 2 rings (SSSR count). The summed E-state index contributed by atoms with van der Waals surface area (Å²) in [5, 5.41) is 10.0. The first-order chi connectivity index (χ1) is 9.13. The van der Waals surface area contributed by atoms with E-state index in [0.29, 0.717) is 6.54 Å². The standard InChI is InChI=1S/C10H12N6O2S/c1-2-11-9-8(4-3-5-12-9)19(17,18)16-10-13-6-7-14-15-10/h3-7H,2H2,1H3,(H,11,12)(H,13,15,16). The Morgan fingerprint density at radius 2 is 2.05 bits per heavy atom. The molecular weight excluding hydrogens is 268 g/mol. The molecule has 100 valence electrons. The average Bonchev–Trinajstić information content (AvgIpc) is 2.40. The minimum atomic E-state index is -3.81. The van der Waals surface area contributed by atoms with Gasteiger partial charge in [0.2, 0.25) is 0 Å². The molecule has 0 saturated heterocycles. The van der Waals surface area contributed by atoms with Crippen LogP contribution in [0.25, 0.3) is 0 Å². The van der Waals surface area contributed by atoms with E-state index in [2.05, 4.69) is 30.2 Å². The Morgan fingerprint density at radius 3 is 2.74 bits per heavy atom. The lowest BCUT2D eigenvalue weighted by molar-refractivity contribution is 0.600. The van der Waals surface area contributed by atoms with Crippen LogP contribution >= 0.6 is 0 Å². The van der Waals surface area contributed by atoms with Gasteiger partial charge in [-0.25, -0.2) is 23.1 Å². The lowest BCUT2D eigenvalue weighted by Crippen LogP contribution is -2.17. The first kappa shape index (κ1) is 13.1. The van der Waals surface area contributed by atoms with Crippen LogP contribution in [0.15, 0.2) is 35.6 Å². The van der Waals surface area contributed by atoms with E-state index < -0.39 is 10.0 Å². The fourth-order valence-corrected chi connectivity index (χ4v) is 2.46. The van der Waals surface area contributed by atoms with Gasteiger partial charge in [-0.15, -0.1) is 5.10 Å². The second kappa shape index (κ2) is 5.57. The number of anilines is 2. The highest BCUT2D eigenvalue weighted by molar-refractivity contribution is 7.92. The Bertz CT molecular complexity index is 646. The highest BCUT2D eigenvalue weighted by atomic mass is 32.2. The van der Waals surface area contributed by atoms with E-state index in [1.165, 1.54) is 24.7 Å². The highest BCUT2D eigenvalue weighted by Crippen LogP contribution is 2.19. The summed E-state index contributed by atoms with van der Waals surface area (Å²) in [6.45, 7) is 2.41. The molecule has 0 fully saturated rings. The number of hydrogen-bond donors (Lipinski definition) is 2. The summed E-state index contributed by atoms with van der Waals surface area (Å²) in [5.41, 5.74) is 0. The van der Waals surface area contributed by atoms with Crippen LogP contribution < -0.4 is 10.0 Å². The number of rotatable bonds is 5. The van der Waals surface area contributed by atoms with E-state index in [1.54, 1.807) is 6.07 Å². The molecule has 0 aliphatic rings. The third kappa shape index (κ3) is 3.13. The topological polar surface area (TPSA) is 110 Å². The van der Waals surface area contributed by atoms with E-state index in [9.17, 15) is 8.42 Å². The molecule has 0 spiro atoms. The third-order valence-electron chi connectivity index (χ3n) is 2.11. The predicted octanol–water partition coefficient (Wildman–Crippen LogP) is 0.499. The molecule has 0 radical (unpaired) electrons. The van der Waals surface area contributed by atoms with E-state index in [4.69, 9.17) is 0 Å². The SMILES string of the molecule is CCNc1ncccc1S(=O)(=O)Nc1nccnn1. The van der Waals surface area contributed by atoms with Crippen molar-refractivity contribution in [2.45, 2.75) is 11.8 Å². The van der Waals surface area contributed by atoms with Gasteiger partial charge in [0.15, 0.2) is 0 Å². The maximum atomic E-state index is 12.2. The number of sulfonamides is 1. The van der Waals surface area contributed by atoms with Crippen molar-refractivity contribution >= 4 is 21.8 Å². The van der Waals surface area contributed by atoms with Gasteiger partial charge in [0, 0.05) is 12.7 Å². The van der Waals surface area contributed by atoms with Crippen LogP contribution in [-0.2, 0) is 10.0 Å². The second-order valence-electron chi connectivity index (χ2n) is 3.45. The van der Waals surface area contributed by atoms with Crippen molar-refractivity contribution < 1.29 is 8.42 Å². The van der Waals surface area contributed by atoms with Crippen molar-refractivity contribution in [1.29, 1.82) is 0 Å². The summed E-state index contributed by atoms with van der Waals surface area (Å²) < 4.78 is 26.6. The van der Waals surface area contributed by atoms with E-state index in [-0.39, 0.29) is 16.7 Å². The lowest BCUT2D eigenvalue weighted by Gasteiger charge is -2.10. The molecule has 2 aromatic heterocycles. The number of pyridine rings is 1. The molecule has 0 aliphatic carbocycles. The Kier molecular flexibility index (Phi) is 3.85. The van der Waals surface area contributed by atoms with Crippen molar-refractivity contribution in [3.05, 3.63) is 30.7 Å². The third-order valence-corrected chi connectivity index (χ3v) is 3.47. The Morgan fingerprint density at radius 1 is 1.21 bits per heavy atom. The van der Waals surface area contributed by atoms with Crippen LogP contribution in [0.2, 0.25) is 0 Å². The van der Waals surface area contributed by atoms with Gasteiger partial charge < -0.3 is 5.32 Å². The van der Waals surface area contributed by atoms with Crippen LogP contribution in [0.4, 0.5) is 11.8 Å². The minimum absolute atomic E-state index is 0.0318. The Balaban J connectivity index is 2.35. The molecule has 0 aliphatic heterocycles. The Labute approximate surface area is 110 Å². The normalized spacial score (nSPS) is 11.0. The van der Waals surface area contributed by atoms with Gasteiger partial charge in [0.1, 0.15) is 10.7 Å². The predicted molar refractivity (Wildman–Crippen MR) is 69.0 cm³/mol. The summed E-state index contributed by atoms with van der Waals surface area (Å²) in [6.07, 6.45) is 4.21. The molecule has 8 nitrogen and oxygen atoms in total. The zero-order chi connectivity index (χ0) is 13.7. The maximum absolute atomic E-state index is 12.2. The monoisotopic (exact) mass is 280 g/mol. The van der Waals surface area contributed by atoms with Gasteiger partial charge in [-0.1, -0.05) is 0 Å². The Hall–Kier alpha value is -2.29. The number of nitrogens with one attached hydrogen (secondary N) is 2. The molecule has 0 bridgehead atoms. The molecule has 2 N–H and O–H groups in total.